The van der Waals surface area contributed by atoms with E-state index in [1.54, 1.807) is 19.2 Å². The Morgan fingerprint density at radius 3 is 2.40 bits per heavy atom. The zero-order chi connectivity index (χ0) is 25.3. The molecule has 1 aromatic heterocycles. The Morgan fingerprint density at radius 2 is 1.80 bits per heavy atom. The van der Waals surface area contributed by atoms with E-state index in [2.05, 4.69) is 5.32 Å². The van der Waals surface area contributed by atoms with Crippen molar-refractivity contribution in [2.24, 2.45) is 11.8 Å². The quantitative estimate of drug-likeness (QED) is 0.469. The highest BCUT2D eigenvalue weighted by atomic mass is 32.1. The van der Waals surface area contributed by atoms with E-state index >= 15 is 0 Å². The number of benzene rings is 1. The predicted molar refractivity (Wildman–Crippen MR) is 132 cm³/mol. The first-order valence-corrected chi connectivity index (χ1v) is 12.3. The number of aryl methyl sites for hydroxylation is 1. The lowest BCUT2D eigenvalue weighted by Crippen LogP contribution is -2.43. The minimum Gasteiger partial charge on any atom is -0.497 e. The molecule has 0 unspecified atom stereocenters. The molecule has 1 N–H and O–H groups in total. The molecular weight excluding hydrogens is 466 g/mol. The summed E-state index contributed by atoms with van der Waals surface area (Å²) in [6, 6.07) is 11.2. The first kappa shape index (κ1) is 24.7. The first-order valence-electron chi connectivity index (χ1n) is 11.4. The van der Waals surface area contributed by atoms with Crippen molar-refractivity contribution in [1.29, 1.82) is 0 Å². The number of hydrogen-bond acceptors (Lipinski definition) is 8. The molecule has 2 aliphatic rings. The Hall–Kier alpha value is -3.39. The Labute approximate surface area is 208 Å². The summed E-state index contributed by atoms with van der Waals surface area (Å²) < 4.78 is 15.8. The second-order valence-corrected chi connectivity index (χ2v) is 10.2. The monoisotopic (exact) mass is 495 g/mol. The van der Waals surface area contributed by atoms with Gasteiger partial charge in [-0.05, 0) is 56.0 Å². The summed E-state index contributed by atoms with van der Waals surface area (Å²) in [7, 11) is 2.88. The largest absolute Gasteiger partial charge is 0.497 e. The molecule has 7 nitrogen and oxygen atoms in total. The normalized spacial score (nSPS) is 21.9. The van der Waals surface area contributed by atoms with Gasteiger partial charge in [-0.15, -0.1) is 11.3 Å². The van der Waals surface area contributed by atoms with Crippen molar-refractivity contribution >= 4 is 29.1 Å². The van der Waals surface area contributed by atoms with Crippen LogP contribution < -0.4 is 10.1 Å². The maximum Gasteiger partial charge on any atom is 0.337 e. The summed E-state index contributed by atoms with van der Waals surface area (Å²) in [5.41, 5.74) is 3.05. The number of esters is 2. The smallest absolute Gasteiger partial charge is 0.337 e. The van der Waals surface area contributed by atoms with Gasteiger partial charge in [-0.3, -0.25) is 9.59 Å². The molecule has 1 aromatic carbocycles. The van der Waals surface area contributed by atoms with Crippen molar-refractivity contribution in [3.05, 3.63) is 74.3 Å². The van der Waals surface area contributed by atoms with Gasteiger partial charge in [0.15, 0.2) is 5.78 Å². The van der Waals surface area contributed by atoms with E-state index in [9.17, 15) is 14.4 Å². The van der Waals surface area contributed by atoms with Gasteiger partial charge in [0.25, 0.3) is 0 Å². The number of ether oxygens (including phenoxy) is 3. The molecule has 0 saturated carbocycles. The molecule has 0 spiro atoms. The lowest BCUT2D eigenvalue weighted by Gasteiger charge is -2.37. The Balaban J connectivity index is 1.69. The number of ketones is 1. The molecule has 35 heavy (non-hydrogen) atoms. The third kappa shape index (κ3) is 4.75. The molecule has 0 amide bonds. The third-order valence-electron chi connectivity index (χ3n) is 6.54. The van der Waals surface area contributed by atoms with Gasteiger partial charge in [-0.25, -0.2) is 4.79 Å². The average molecular weight is 496 g/mol. The maximum atomic E-state index is 13.7. The average Bonchev–Trinajstić information content (AvgIpc) is 3.27. The molecule has 1 aliphatic carbocycles. The number of allylic oxidation sites excluding steroid dienone is 3. The Kier molecular flexibility index (Phi) is 7.12. The molecule has 0 radical (unpaired) electrons. The fourth-order valence-corrected chi connectivity index (χ4v) is 5.79. The van der Waals surface area contributed by atoms with E-state index in [1.165, 1.54) is 18.4 Å². The van der Waals surface area contributed by atoms with Crippen LogP contribution >= 0.6 is 11.3 Å². The fourth-order valence-electron chi connectivity index (χ4n) is 4.79. The highest BCUT2D eigenvalue weighted by molar-refractivity contribution is 7.12. The molecule has 0 fully saturated rings. The fraction of sp³-hybridized carbons (Fsp3) is 0.370. The number of carbonyl (C=O) groups excluding carboxylic acids is 3. The second-order valence-electron chi connectivity index (χ2n) is 8.91. The van der Waals surface area contributed by atoms with Crippen molar-refractivity contribution in [3.8, 4) is 5.75 Å². The van der Waals surface area contributed by atoms with Crippen LogP contribution in [0.15, 0.2) is 58.9 Å². The number of carbonyl (C=O) groups is 3. The number of Topliss-reactive ketones (excluding diaryl/α,β-unsaturated/α-hetero) is 1. The van der Waals surface area contributed by atoms with Gasteiger partial charge < -0.3 is 19.5 Å². The minimum absolute atomic E-state index is 0.0808. The molecule has 184 valence electrons. The number of thiophene rings is 1. The van der Waals surface area contributed by atoms with Crippen LogP contribution in [-0.4, -0.2) is 31.9 Å². The number of nitrogens with one attached hydrogen (secondary N) is 1. The van der Waals surface area contributed by atoms with Crippen LogP contribution in [0, 0.1) is 18.8 Å². The van der Waals surface area contributed by atoms with Crippen molar-refractivity contribution < 1.29 is 28.6 Å². The van der Waals surface area contributed by atoms with Crippen LogP contribution in [0.5, 0.6) is 5.75 Å². The maximum absolute atomic E-state index is 13.7. The van der Waals surface area contributed by atoms with Crippen molar-refractivity contribution in [2.75, 3.05) is 14.2 Å². The number of rotatable bonds is 6. The van der Waals surface area contributed by atoms with Gasteiger partial charge in [0.05, 0.1) is 25.7 Å². The highest BCUT2D eigenvalue weighted by Gasteiger charge is 2.47. The van der Waals surface area contributed by atoms with E-state index < -0.39 is 23.8 Å². The van der Waals surface area contributed by atoms with Crippen LogP contribution in [0.25, 0.3) is 0 Å². The molecule has 0 bridgehead atoms. The van der Waals surface area contributed by atoms with Gasteiger partial charge in [-0.2, -0.15) is 0 Å². The van der Waals surface area contributed by atoms with E-state index in [4.69, 9.17) is 14.2 Å². The molecule has 0 saturated heterocycles. The summed E-state index contributed by atoms with van der Waals surface area (Å²) in [5, 5.41) is 3.28. The molecule has 3 atom stereocenters. The summed E-state index contributed by atoms with van der Waals surface area (Å²) in [6.07, 6.45) is 0.507. The second kappa shape index (κ2) is 10.1. The van der Waals surface area contributed by atoms with Gasteiger partial charge in [0.1, 0.15) is 18.3 Å². The topological polar surface area (TPSA) is 90.9 Å². The van der Waals surface area contributed by atoms with Gasteiger partial charge in [-0.1, -0.05) is 19.1 Å². The lowest BCUT2D eigenvalue weighted by molar-refractivity contribution is -0.151. The first-order chi connectivity index (χ1) is 16.7. The number of dihydropyridines is 1. The van der Waals surface area contributed by atoms with Crippen LogP contribution in [0.2, 0.25) is 0 Å². The zero-order valence-electron chi connectivity index (χ0n) is 20.5. The zero-order valence-corrected chi connectivity index (χ0v) is 21.3. The SMILES string of the molecule is COC(=O)[C@H]1C(=O)C2=C(C[C@@H]1C)NC(C)=C(C(=O)OCc1ccc(OC)cc1)[C@@H]2c1ccc(C)s1. The predicted octanol–water partition coefficient (Wildman–Crippen LogP) is 4.42. The Bertz CT molecular complexity index is 1220. The highest BCUT2D eigenvalue weighted by Crippen LogP contribution is 2.47. The molecule has 2 heterocycles. The van der Waals surface area contributed by atoms with E-state index in [-0.39, 0.29) is 18.3 Å². The van der Waals surface area contributed by atoms with E-state index in [0.29, 0.717) is 29.0 Å². The van der Waals surface area contributed by atoms with Crippen molar-refractivity contribution in [1.82, 2.24) is 5.32 Å². The van der Waals surface area contributed by atoms with Crippen molar-refractivity contribution in [3.63, 3.8) is 0 Å². The minimum atomic E-state index is -0.904. The Morgan fingerprint density at radius 1 is 1.09 bits per heavy atom. The number of hydrogen-bond donors (Lipinski definition) is 1. The number of methoxy groups -OCH3 is 2. The van der Waals surface area contributed by atoms with Crippen LogP contribution in [0.3, 0.4) is 0 Å². The molecule has 2 aromatic rings. The lowest BCUT2D eigenvalue weighted by atomic mass is 9.70. The van der Waals surface area contributed by atoms with Crippen LogP contribution in [0.4, 0.5) is 0 Å². The molecule has 8 heteroatoms. The summed E-state index contributed by atoms with van der Waals surface area (Å²) >= 11 is 1.52. The van der Waals surface area contributed by atoms with Crippen molar-refractivity contribution in [2.45, 2.75) is 39.7 Å². The standard InChI is InChI=1S/C27H29NO6S/c1-14-12-19-23(25(29)21(14)26(30)33-5)24(20-11-6-15(2)35-20)22(16(3)28-19)27(31)34-13-17-7-9-18(32-4)10-8-17/h6-11,14,21,24,28H,12-13H2,1-5H3/t14-,21+,24-/m0/s1. The van der Waals surface area contributed by atoms with Gasteiger partial charge in [0.2, 0.25) is 0 Å². The molecule has 1 aliphatic heterocycles. The summed E-state index contributed by atoms with van der Waals surface area (Å²) in [6.45, 7) is 5.75. The van der Waals surface area contributed by atoms with Crippen LogP contribution in [0.1, 0.15) is 41.5 Å². The molecular formula is C27H29NO6S. The third-order valence-corrected chi connectivity index (χ3v) is 7.60. The van der Waals surface area contributed by atoms with Gasteiger partial charge >= 0.3 is 11.9 Å². The summed E-state index contributed by atoms with van der Waals surface area (Å²) in [5.74, 6) is -2.38. The van der Waals surface area contributed by atoms with E-state index in [0.717, 1.165) is 21.0 Å². The van der Waals surface area contributed by atoms with E-state index in [1.807, 2.05) is 45.0 Å². The molecule has 4 rings (SSSR count). The van der Waals surface area contributed by atoms with Crippen LogP contribution in [-0.2, 0) is 30.5 Å². The van der Waals surface area contributed by atoms with Gasteiger partial charge in [0, 0.05) is 26.7 Å². The summed E-state index contributed by atoms with van der Waals surface area (Å²) in [4.78, 5) is 41.6.